The van der Waals surface area contributed by atoms with Gasteiger partial charge in [-0.25, -0.2) is 4.98 Å². The Morgan fingerprint density at radius 1 is 1.20 bits per heavy atom. The molecule has 0 radical (unpaired) electrons. The molecule has 4 nitrogen and oxygen atoms in total. The summed E-state index contributed by atoms with van der Waals surface area (Å²) in [5.74, 6) is 1.73. The largest absolute Gasteiger partial charge is 0.497 e. The molecule has 0 bridgehead atoms. The summed E-state index contributed by atoms with van der Waals surface area (Å²) in [5.41, 5.74) is 1.77. The Morgan fingerprint density at radius 2 is 1.95 bits per heavy atom. The van der Waals surface area contributed by atoms with E-state index in [0.717, 1.165) is 24.7 Å². The molecule has 20 heavy (non-hydrogen) atoms. The van der Waals surface area contributed by atoms with Crippen LogP contribution in [0.1, 0.15) is 18.1 Å². The Balaban J connectivity index is 2.12. The lowest BCUT2D eigenvalue weighted by molar-refractivity contribution is 0.414. The van der Waals surface area contributed by atoms with Crippen LogP contribution in [0.5, 0.6) is 5.75 Å². The predicted molar refractivity (Wildman–Crippen MR) is 78.7 cm³/mol. The minimum absolute atomic E-state index is 0.578. The normalized spacial score (nSPS) is 9.85. The molecule has 2 aromatic rings. The van der Waals surface area contributed by atoms with E-state index in [1.165, 1.54) is 5.56 Å². The fourth-order valence-electron chi connectivity index (χ4n) is 1.95. The van der Waals surface area contributed by atoms with E-state index in [9.17, 15) is 0 Å². The van der Waals surface area contributed by atoms with Crippen LogP contribution in [0, 0.1) is 11.3 Å². The third kappa shape index (κ3) is 3.27. The van der Waals surface area contributed by atoms with Crippen molar-refractivity contribution < 1.29 is 4.74 Å². The van der Waals surface area contributed by atoms with Crippen LogP contribution in [0.2, 0.25) is 0 Å². The monoisotopic (exact) mass is 267 g/mol. The van der Waals surface area contributed by atoms with Crippen molar-refractivity contribution in [2.24, 2.45) is 0 Å². The van der Waals surface area contributed by atoms with E-state index < -0.39 is 0 Å². The van der Waals surface area contributed by atoms with Crippen molar-refractivity contribution in [1.82, 2.24) is 4.98 Å². The van der Waals surface area contributed by atoms with Gasteiger partial charge in [-0.05, 0) is 36.8 Å². The lowest BCUT2D eigenvalue weighted by Gasteiger charge is -2.22. The number of benzene rings is 1. The molecular weight excluding hydrogens is 250 g/mol. The summed E-state index contributed by atoms with van der Waals surface area (Å²) in [6.45, 7) is 3.72. The smallest absolute Gasteiger partial charge is 0.128 e. The van der Waals surface area contributed by atoms with Gasteiger partial charge in [-0.15, -0.1) is 0 Å². The number of aromatic nitrogens is 1. The van der Waals surface area contributed by atoms with Crippen molar-refractivity contribution in [1.29, 1.82) is 5.26 Å². The van der Waals surface area contributed by atoms with Gasteiger partial charge < -0.3 is 9.64 Å². The summed E-state index contributed by atoms with van der Waals surface area (Å²) in [6, 6.07) is 13.8. The fourth-order valence-corrected chi connectivity index (χ4v) is 1.95. The van der Waals surface area contributed by atoms with Crippen molar-refractivity contribution >= 4 is 5.82 Å². The van der Waals surface area contributed by atoms with Gasteiger partial charge in [-0.3, -0.25) is 0 Å². The number of nitrogens with zero attached hydrogens (tertiary/aromatic N) is 3. The number of hydrogen-bond acceptors (Lipinski definition) is 4. The molecule has 0 aliphatic heterocycles. The summed E-state index contributed by atoms with van der Waals surface area (Å²) in [5, 5.41) is 8.79. The second-order valence-corrected chi connectivity index (χ2v) is 4.38. The van der Waals surface area contributed by atoms with E-state index in [2.05, 4.69) is 22.9 Å². The molecule has 0 aliphatic carbocycles. The summed E-state index contributed by atoms with van der Waals surface area (Å²) < 4.78 is 5.15. The van der Waals surface area contributed by atoms with Crippen LogP contribution in [-0.4, -0.2) is 18.6 Å². The maximum atomic E-state index is 8.79. The van der Waals surface area contributed by atoms with Crippen molar-refractivity contribution in [3.63, 3.8) is 0 Å². The van der Waals surface area contributed by atoms with E-state index in [1.807, 2.05) is 30.3 Å². The van der Waals surface area contributed by atoms with E-state index in [1.54, 1.807) is 19.4 Å². The van der Waals surface area contributed by atoms with Gasteiger partial charge in [-0.2, -0.15) is 5.26 Å². The summed E-state index contributed by atoms with van der Waals surface area (Å²) in [4.78, 5) is 6.49. The Morgan fingerprint density at radius 3 is 2.45 bits per heavy atom. The van der Waals surface area contributed by atoms with Crippen LogP contribution in [0.4, 0.5) is 5.82 Å². The Kier molecular flexibility index (Phi) is 4.56. The van der Waals surface area contributed by atoms with E-state index in [0.29, 0.717) is 5.56 Å². The highest BCUT2D eigenvalue weighted by Gasteiger charge is 2.07. The molecule has 0 unspecified atom stereocenters. The molecule has 2 rings (SSSR count). The average Bonchev–Trinajstić information content (AvgIpc) is 2.53. The average molecular weight is 267 g/mol. The standard InChI is InChI=1S/C16H17N3O/c1-3-19(16-9-6-14(10-17)11-18-16)12-13-4-7-15(20-2)8-5-13/h4-9,11H,3,12H2,1-2H3. The van der Waals surface area contributed by atoms with Crippen molar-refractivity contribution in [2.75, 3.05) is 18.6 Å². The molecule has 1 aromatic heterocycles. The molecule has 0 spiro atoms. The maximum Gasteiger partial charge on any atom is 0.128 e. The highest BCUT2D eigenvalue weighted by Crippen LogP contribution is 2.17. The van der Waals surface area contributed by atoms with Gasteiger partial charge in [0.05, 0.1) is 12.7 Å². The zero-order chi connectivity index (χ0) is 14.4. The number of anilines is 1. The lowest BCUT2D eigenvalue weighted by Crippen LogP contribution is -2.22. The van der Waals surface area contributed by atoms with Crippen LogP contribution >= 0.6 is 0 Å². The van der Waals surface area contributed by atoms with Gasteiger partial charge in [0.25, 0.3) is 0 Å². The molecule has 0 aliphatic rings. The maximum absolute atomic E-state index is 8.79. The zero-order valence-corrected chi connectivity index (χ0v) is 11.7. The van der Waals surface area contributed by atoms with E-state index in [4.69, 9.17) is 10.00 Å². The van der Waals surface area contributed by atoms with Gasteiger partial charge in [0.2, 0.25) is 0 Å². The van der Waals surface area contributed by atoms with Crippen LogP contribution < -0.4 is 9.64 Å². The van der Waals surface area contributed by atoms with Crippen LogP contribution in [0.15, 0.2) is 42.6 Å². The number of rotatable bonds is 5. The van der Waals surface area contributed by atoms with Crippen LogP contribution in [0.3, 0.4) is 0 Å². The highest BCUT2D eigenvalue weighted by molar-refractivity contribution is 5.43. The second-order valence-electron chi connectivity index (χ2n) is 4.38. The molecule has 0 amide bonds. The first kappa shape index (κ1) is 13.9. The molecule has 1 aromatic carbocycles. The van der Waals surface area contributed by atoms with Gasteiger partial charge >= 0.3 is 0 Å². The highest BCUT2D eigenvalue weighted by atomic mass is 16.5. The molecule has 4 heteroatoms. The third-order valence-electron chi connectivity index (χ3n) is 3.12. The minimum atomic E-state index is 0.578. The first-order valence-corrected chi connectivity index (χ1v) is 6.51. The number of hydrogen-bond donors (Lipinski definition) is 0. The number of pyridine rings is 1. The Hall–Kier alpha value is -2.54. The van der Waals surface area contributed by atoms with Gasteiger partial charge in [-0.1, -0.05) is 12.1 Å². The van der Waals surface area contributed by atoms with Gasteiger partial charge in [0.15, 0.2) is 0 Å². The molecule has 1 heterocycles. The Bertz CT molecular complexity index is 585. The number of methoxy groups -OCH3 is 1. The molecule has 0 N–H and O–H groups in total. The first-order valence-electron chi connectivity index (χ1n) is 6.51. The first-order chi connectivity index (χ1) is 9.76. The summed E-state index contributed by atoms with van der Waals surface area (Å²) in [6.07, 6.45) is 1.60. The molecule has 0 atom stereocenters. The van der Waals surface area contributed by atoms with E-state index in [-0.39, 0.29) is 0 Å². The van der Waals surface area contributed by atoms with Crippen molar-refractivity contribution in [3.05, 3.63) is 53.7 Å². The molecular formula is C16H17N3O. The SMILES string of the molecule is CCN(Cc1ccc(OC)cc1)c1ccc(C#N)cn1. The van der Waals surface area contributed by atoms with Crippen molar-refractivity contribution in [2.45, 2.75) is 13.5 Å². The van der Waals surface area contributed by atoms with Crippen molar-refractivity contribution in [3.8, 4) is 11.8 Å². The molecule has 0 saturated heterocycles. The molecule has 0 saturated carbocycles. The number of ether oxygens (including phenoxy) is 1. The van der Waals surface area contributed by atoms with Gasteiger partial charge in [0, 0.05) is 19.3 Å². The Labute approximate surface area is 119 Å². The molecule has 0 fully saturated rings. The second kappa shape index (κ2) is 6.58. The minimum Gasteiger partial charge on any atom is -0.497 e. The topological polar surface area (TPSA) is 49.1 Å². The number of nitriles is 1. The quantitative estimate of drug-likeness (QED) is 0.835. The van der Waals surface area contributed by atoms with Gasteiger partial charge in [0.1, 0.15) is 17.6 Å². The lowest BCUT2D eigenvalue weighted by atomic mass is 10.2. The fraction of sp³-hybridized carbons (Fsp3) is 0.250. The third-order valence-corrected chi connectivity index (χ3v) is 3.12. The zero-order valence-electron chi connectivity index (χ0n) is 11.7. The van der Waals surface area contributed by atoms with Crippen LogP contribution in [-0.2, 0) is 6.54 Å². The van der Waals surface area contributed by atoms with Crippen LogP contribution in [0.25, 0.3) is 0 Å². The van der Waals surface area contributed by atoms with E-state index >= 15 is 0 Å². The molecule has 102 valence electrons. The predicted octanol–water partition coefficient (Wildman–Crippen LogP) is 2.99. The summed E-state index contributed by atoms with van der Waals surface area (Å²) >= 11 is 0. The summed E-state index contributed by atoms with van der Waals surface area (Å²) in [7, 11) is 1.66.